The van der Waals surface area contributed by atoms with E-state index in [0.29, 0.717) is 22.8 Å². The normalized spacial score (nSPS) is 14.7. The Kier molecular flexibility index (Phi) is 5.19. The SMILES string of the molecule is Clc1ccc(-c2nnc(-c3ccc4c(c3)nc(-c3ccccc3)n4C3CCCCC3)o2)cc1. The van der Waals surface area contributed by atoms with Crippen molar-refractivity contribution in [3.05, 3.63) is 77.8 Å². The lowest BCUT2D eigenvalue weighted by Crippen LogP contribution is -2.13. The van der Waals surface area contributed by atoms with E-state index in [0.717, 1.165) is 33.5 Å². The van der Waals surface area contributed by atoms with Crippen LogP contribution in [-0.2, 0) is 0 Å². The van der Waals surface area contributed by atoms with Crippen LogP contribution in [0, 0.1) is 0 Å². The van der Waals surface area contributed by atoms with Crippen molar-refractivity contribution < 1.29 is 4.42 Å². The molecule has 3 aromatic carbocycles. The summed E-state index contributed by atoms with van der Waals surface area (Å²) in [5, 5.41) is 9.19. The molecule has 0 N–H and O–H groups in total. The zero-order valence-corrected chi connectivity index (χ0v) is 18.9. The lowest BCUT2D eigenvalue weighted by atomic mass is 9.95. The van der Waals surface area contributed by atoms with Crippen LogP contribution < -0.4 is 0 Å². The number of hydrogen-bond donors (Lipinski definition) is 0. The average molecular weight is 455 g/mol. The number of rotatable bonds is 4. The van der Waals surface area contributed by atoms with Gasteiger partial charge in [0.1, 0.15) is 5.82 Å². The molecule has 6 heteroatoms. The first-order chi connectivity index (χ1) is 16.3. The molecule has 5 aromatic rings. The van der Waals surface area contributed by atoms with Crippen molar-refractivity contribution in [2.45, 2.75) is 38.1 Å². The predicted octanol–water partition coefficient (Wildman–Crippen LogP) is 7.58. The van der Waals surface area contributed by atoms with Crippen LogP contribution >= 0.6 is 11.6 Å². The van der Waals surface area contributed by atoms with Gasteiger partial charge in [-0.25, -0.2) is 4.98 Å². The van der Waals surface area contributed by atoms with Gasteiger partial charge in [0.25, 0.3) is 0 Å². The molecule has 1 fully saturated rings. The Morgan fingerprint density at radius 2 is 1.45 bits per heavy atom. The zero-order chi connectivity index (χ0) is 22.2. The van der Waals surface area contributed by atoms with Crippen LogP contribution in [0.15, 0.2) is 77.2 Å². The number of halogens is 1. The van der Waals surface area contributed by atoms with Crippen molar-refractivity contribution in [3.8, 4) is 34.3 Å². The fourth-order valence-corrected chi connectivity index (χ4v) is 4.91. The van der Waals surface area contributed by atoms with Crippen LogP contribution in [0.2, 0.25) is 5.02 Å². The number of aromatic nitrogens is 4. The van der Waals surface area contributed by atoms with Crippen LogP contribution in [0.3, 0.4) is 0 Å². The molecule has 0 unspecified atom stereocenters. The molecule has 0 radical (unpaired) electrons. The summed E-state index contributed by atoms with van der Waals surface area (Å²) in [6.07, 6.45) is 6.25. The fraction of sp³-hybridized carbons (Fsp3) is 0.222. The van der Waals surface area contributed by atoms with Gasteiger partial charge in [-0.3, -0.25) is 0 Å². The molecule has 1 saturated carbocycles. The summed E-state index contributed by atoms with van der Waals surface area (Å²) < 4.78 is 8.43. The van der Waals surface area contributed by atoms with E-state index >= 15 is 0 Å². The maximum atomic E-state index is 6.00. The van der Waals surface area contributed by atoms with E-state index in [-0.39, 0.29) is 0 Å². The van der Waals surface area contributed by atoms with E-state index in [9.17, 15) is 0 Å². The minimum absolute atomic E-state index is 0.472. The minimum atomic E-state index is 0.472. The zero-order valence-electron chi connectivity index (χ0n) is 18.1. The Morgan fingerprint density at radius 1 is 0.758 bits per heavy atom. The molecule has 0 saturated heterocycles. The summed E-state index contributed by atoms with van der Waals surface area (Å²) in [6.45, 7) is 0. The second kappa shape index (κ2) is 8.49. The van der Waals surface area contributed by atoms with E-state index in [1.54, 1.807) is 0 Å². The van der Waals surface area contributed by atoms with Crippen molar-refractivity contribution in [2.24, 2.45) is 0 Å². The second-order valence-corrected chi connectivity index (χ2v) is 9.02. The third-order valence-electron chi connectivity index (χ3n) is 6.42. The number of imidazole rings is 1. The molecule has 0 bridgehead atoms. The first-order valence-corrected chi connectivity index (χ1v) is 11.8. The van der Waals surface area contributed by atoms with Crippen LogP contribution in [0.1, 0.15) is 38.1 Å². The van der Waals surface area contributed by atoms with E-state index in [4.69, 9.17) is 21.0 Å². The topological polar surface area (TPSA) is 56.7 Å². The highest BCUT2D eigenvalue weighted by Gasteiger charge is 2.23. The van der Waals surface area contributed by atoms with Crippen molar-refractivity contribution in [1.82, 2.24) is 19.7 Å². The van der Waals surface area contributed by atoms with Crippen LogP contribution in [0.4, 0.5) is 0 Å². The molecular weight excluding hydrogens is 432 g/mol. The lowest BCUT2D eigenvalue weighted by molar-refractivity contribution is 0.362. The van der Waals surface area contributed by atoms with Gasteiger partial charge >= 0.3 is 0 Å². The summed E-state index contributed by atoms with van der Waals surface area (Å²) in [4.78, 5) is 5.08. The molecule has 1 aliphatic rings. The second-order valence-electron chi connectivity index (χ2n) is 8.59. The molecule has 5 nitrogen and oxygen atoms in total. The molecule has 2 heterocycles. The maximum absolute atomic E-state index is 6.00. The van der Waals surface area contributed by atoms with E-state index < -0.39 is 0 Å². The Morgan fingerprint density at radius 3 is 2.21 bits per heavy atom. The van der Waals surface area contributed by atoms with Crippen LogP contribution in [0.25, 0.3) is 45.3 Å². The summed E-state index contributed by atoms with van der Waals surface area (Å²) in [5.41, 5.74) is 4.95. The Bertz CT molecular complexity index is 1400. The third-order valence-corrected chi connectivity index (χ3v) is 6.68. The quantitative estimate of drug-likeness (QED) is 0.281. The molecule has 164 valence electrons. The predicted molar refractivity (Wildman–Crippen MR) is 131 cm³/mol. The highest BCUT2D eigenvalue weighted by atomic mass is 35.5. The van der Waals surface area contributed by atoms with Crippen molar-refractivity contribution in [2.75, 3.05) is 0 Å². The highest BCUT2D eigenvalue weighted by molar-refractivity contribution is 6.30. The number of hydrogen-bond acceptors (Lipinski definition) is 4. The van der Waals surface area contributed by atoms with Gasteiger partial charge in [0.05, 0.1) is 11.0 Å². The molecule has 0 aliphatic heterocycles. The van der Waals surface area contributed by atoms with Gasteiger partial charge in [-0.15, -0.1) is 10.2 Å². The van der Waals surface area contributed by atoms with Crippen LogP contribution in [0.5, 0.6) is 0 Å². The molecule has 0 amide bonds. The summed E-state index contributed by atoms with van der Waals surface area (Å²) in [7, 11) is 0. The van der Waals surface area contributed by atoms with Gasteiger partial charge in [0.2, 0.25) is 11.8 Å². The fourth-order valence-electron chi connectivity index (χ4n) is 4.78. The van der Waals surface area contributed by atoms with E-state index in [1.807, 2.05) is 30.3 Å². The van der Waals surface area contributed by atoms with Crippen molar-refractivity contribution in [1.29, 1.82) is 0 Å². The van der Waals surface area contributed by atoms with Gasteiger partial charge in [0, 0.05) is 27.8 Å². The first-order valence-electron chi connectivity index (χ1n) is 11.4. The molecular formula is C27H23ClN4O. The Balaban J connectivity index is 1.43. The largest absolute Gasteiger partial charge is 0.416 e. The molecule has 0 spiro atoms. The van der Waals surface area contributed by atoms with Gasteiger partial charge in [0.15, 0.2) is 0 Å². The molecule has 33 heavy (non-hydrogen) atoms. The standard InChI is InChI=1S/C27H23ClN4O/c28-21-14-11-19(12-15-21)26-30-31-27(33-26)20-13-16-24-23(17-20)29-25(18-7-3-1-4-8-18)32(24)22-9-5-2-6-10-22/h1,3-4,7-8,11-17,22H,2,5-6,9-10H2. The summed E-state index contributed by atoms with van der Waals surface area (Å²) >= 11 is 6.00. The summed E-state index contributed by atoms with van der Waals surface area (Å²) in [5.74, 6) is 1.98. The van der Waals surface area contributed by atoms with Gasteiger partial charge in [-0.1, -0.05) is 61.2 Å². The van der Waals surface area contributed by atoms with Gasteiger partial charge in [-0.2, -0.15) is 0 Å². The molecule has 0 atom stereocenters. The molecule has 2 aromatic heterocycles. The van der Waals surface area contributed by atoms with E-state index in [2.05, 4.69) is 57.2 Å². The minimum Gasteiger partial charge on any atom is -0.416 e. The average Bonchev–Trinajstić information content (AvgIpc) is 3.51. The molecule has 6 rings (SSSR count). The monoisotopic (exact) mass is 454 g/mol. The Labute approximate surface area is 197 Å². The maximum Gasteiger partial charge on any atom is 0.248 e. The Hall–Kier alpha value is -3.44. The highest BCUT2D eigenvalue weighted by Crippen LogP contribution is 2.37. The van der Waals surface area contributed by atoms with E-state index in [1.165, 1.54) is 32.1 Å². The first kappa shape index (κ1) is 20.2. The lowest BCUT2D eigenvalue weighted by Gasteiger charge is -2.25. The number of nitrogens with zero attached hydrogens (tertiary/aromatic N) is 4. The van der Waals surface area contributed by atoms with Gasteiger partial charge < -0.3 is 8.98 Å². The number of benzene rings is 3. The third kappa shape index (κ3) is 3.83. The van der Waals surface area contributed by atoms with Crippen LogP contribution in [-0.4, -0.2) is 19.7 Å². The smallest absolute Gasteiger partial charge is 0.248 e. The number of fused-ring (bicyclic) bond motifs is 1. The van der Waals surface area contributed by atoms with Crippen molar-refractivity contribution >= 4 is 22.6 Å². The molecule has 1 aliphatic carbocycles. The summed E-state index contributed by atoms with van der Waals surface area (Å²) in [6, 6.07) is 24.6. The van der Waals surface area contributed by atoms with Crippen molar-refractivity contribution in [3.63, 3.8) is 0 Å². The van der Waals surface area contributed by atoms with Gasteiger partial charge in [-0.05, 0) is 55.3 Å².